The summed E-state index contributed by atoms with van der Waals surface area (Å²) in [4.78, 5) is 38.1. The number of aromatic nitrogens is 4. The molecule has 3 heterocycles. The molecule has 0 fully saturated rings. The fraction of sp³-hybridized carbons (Fsp3) is 0.231. The Bertz CT molecular complexity index is 946. The fourth-order valence-corrected chi connectivity index (χ4v) is 4.40. The Balaban J connectivity index is 1.96. The lowest BCUT2D eigenvalue weighted by molar-refractivity contribution is 0.0594. The Hall–Kier alpha value is -1.65. The van der Waals surface area contributed by atoms with Crippen LogP contribution in [0.1, 0.15) is 23.1 Å². The van der Waals surface area contributed by atoms with Crippen LogP contribution in [0.5, 0.6) is 0 Å². The van der Waals surface area contributed by atoms with E-state index in [2.05, 4.69) is 40.6 Å². The molecule has 7 nitrogen and oxygen atoms in total. The number of ether oxygens (including phenoxy) is 1. The van der Waals surface area contributed by atoms with Gasteiger partial charge in [0.25, 0.3) is 5.56 Å². The first-order valence-corrected chi connectivity index (χ1v) is 9.04. The molecule has 0 aliphatic carbocycles. The number of halogens is 1. The highest BCUT2D eigenvalue weighted by atomic mass is 79.9. The van der Waals surface area contributed by atoms with Crippen LogP contribution in [0.2, 0.25) is 0 Å². The van der Waals surface area contributed by atoms with Crippen LogP contribution in [0.15, 0.2) is 24.1 Å². The second-order valence-corrected chi connectivity index (χ2v) is 7.35. The van der Waals surface area contributed by atoms with E-state index in [1.165, 1.54) is 30.2 Å². The normalized spacial score (nSPS) is 11.1. The van der Waals surface area contributed by atoms with E-state index in [0.717, 1.165) is 16.6 Å². The molecule has 0 spiro atoms. The average Bonchev–Trinajstić information content (AvgIpc) is 3.11. The number of thiazole rings is 1. The van der Waals surface area contributed by atoms with Crippen LogP contribution < -0.4 is 5.56 Å². The number of rotatable bonds is 4. The molecule has 0 radical (unpaired) electrons. The number of H-pyrrole nitrogens is 2. The highest BCUT2D eigenvalue weighted by molar-refractivity contribution is 9.10. The predicted octanol–water partition coefficient (Wildman–Crippen LogP) is 2.97. The van der Waals surface area contributed by atoms with E-state index in [9.17, 15) is 9.59 Å². The zero-order valence-corrected chi connectivity index (χ0v) is 15.3. The van der Waals surface area contributed by atoms with Crippen molar-refractivity contribution in [1.29, 1.82) is 0 Å². The summed E-state index contributed by atoms with van der Waals surface area (Å²) in [5.74, 6) is -0.495. The number of nitrogens with one attached hydrogen (secondary N) is 2. The molecular weight excluding hydrogens is 404 g/mol. The lowest BCUT2D eigenvalue weighted by Gasteiger charge is -1.97. The molecule has 0 aliphatic rings. The predicted molar refractivity (Wildman–Crippen MR) is 91.4 cm³/mol. The van der Waals surface area contributed by atoms with Gasteiger partial charge in [-0.15, -0.1) is 11.3 Å². The van der Waals surface area contributed by atoms with Crippen molar-refractivity contribution in [2.45, 2.75) is 22.8 Å². The van der Waals surface area contributed by atoms with E-state index in [1.54, 1.807) is 5.38 Å². The van der Waals surface area contributed by atoms with E-state index in [4.69, 9.17) is 0 Å². The Kier molecular flexibility index (Phi) is 4.55. The summed E-state index contributed by atoms with van der Waals surface area (Å²) in [5, 5.41) is 2.51. The van der Waals surface area contributed by atoms with E-state index >= 15 is 0 Å². The summed E-state index contributed by atoms with van der Waals surface area (Å²) < 4.78 is 5.95. The molecule has 3 rings (SSSR count). The third-order valence-corrected chi connectivity index (χ3v) is 5.77. The maximum absolute atomic E-state index is 12.2. The third kappa shape index (κ3) is 3.06. The molecule has 0 aromatic carbocycles. The smallest absolute Gasteiger partial charge is 0.357 e. The number of methoxy groups -OCH3 is 1. The first-order valence-electron chi connectivity index (χ1n) is 6.55. The first kappa shape index (κ1) is 16.2. The quantitative estimate of drug-likeness (QED) is 0.502. The molecule has 0 saturated carbocycles. The molecule has 0 aliphatic heterocycles. The van der Waals surface area contributed by atoms with Gasteiger partial charge < -0.3 is 14.7 Å². The number of aryl methyl sites for hydroxylation is 1. The zero-order chi connectivity index (χ0) is 16.6. The second kappa shape index (κ2) is 6.46. The summed E-state index contributed by atoms with van der Waals surface area (Å²) in [7, 11) is 1.30. The SMILES string of the molecule is CCc1[nH]c2nc(Sc3nc(C(=O)OC)cs3)[nH]c(=O)c2c1Br. The molecule has 0 saturated heterocycles. The summed E-state index contributed by atoms with van der Waals surface area (Å²) >= 11 is 5.89. The molecule has 0 bridgehead atoms. The van der Waals surface area contributed by atoms with Crippen LogP contribution in [0, 0.1) is 0 Å². The van der Waals surface area contributed by atoms with Gasteiger partial charge in [0.1, 0.15) is 5.65 Å². The van der Waals surface area contributed by atoms with Crippen molar-refractivity contribution in [2.24, 2.45) is 0 Å². The lowest BCUT2D eigenvalue weighted by atomic mass is 10.3. The number of aromatic amines is 2. The van der Waals surface area contributed by atoms with Crippen molar-refractivity contribution in [3.63, 3.8) is 0 Å². The third-order valence-electron chi connectivity index (χ3n) is 3.07. The minimum atomic E-state index is -0.495. The molecule has 120 valence electrons. The maximum atomic E-state index is 12.2. The van der Waals surface area contributed by atoms with Gasteiger partial charge in [-0.1, -0.05) is 6.92 Å². The molecule has 0 amide bonds. The van der Waals surface area contributed by atoms with Crippen LogP contribution in [-0.2, 0) is 11.2 Å². The summed E-state index contributed by atoms with van der Waals surface area (Å²) in [6.45, 7) is 1.99. The average molecular weight is 415 g/mol. The number of esters is 1. The van der Waals surface area contributed by atoms with Crippen LogP contribution >= 0.6 is 39.0 Å². The number of carbonyl (C=O) groups is 1. The van der Waals surface area contributed by atoms with Crippen molar-refractivity contribution < 1.29 is 9.53 Å². The van der Waals surface area contributed by atoms with Gasteiger partial charge >= 0.3 is 5.97 Å². The number of hydrogen-bond donors (Lipinski definition) is 2. The number of fused-ring (bicyclic) bond motifs is 1. The number of carbonyl (C=O) groups excluding carboxylic acids is 1. The minimum absolute atomic E-state index is 0.231. The van der Waals surface area contributed by atoms with Crippen molar-refractivity contribution in [3.05, 3.63) is 31.6 Å². The molecule has 0 atom stereocenters. The fourth-order valence-electron chi connectivity index (χ4n) is 1.97. The van der Waals surface area contributed by atoms with Crippen molar-refractivity contribution >= 4 is 56.0 Å². The molecule has 0 unspecified atom stereocenters. The summed E-state index contributed by atoms with van der Waals surface area (Å²) in [6.07, 6.45) is 0.758. The minimum Gasteiger partial charge on any atom is -0.464 e. The van der Waals surface area contributed by atoms with Crippen LogP contribution in [0.25, 0.3) is 11.0 Å². The Labute approximate surface area is 147 Å². The molecule has 23 heavy (non-hydrogen) atoms. The standard InChI is InChI=1S/C13H11BrN4O3S2/c1-3-5-8(14)7-9(15-5)17-12(18-10(7)19)23-13-16-6(4-22-13)11(20)21-2/h4H,3H2,1-2H3,(H2,15,17,18,19). The van der Waals surface area contributed by atoms with Gasteiger partial charge in [-0.05, 0) is 34.1 Å². The van der Waals surface area contributed by atoms with Gasteiger partial charge in [0.15, 0.2) is 15.2 Å². The van der Waals surface area contributed by atoms with Gasteiger partial charge in [0, 0.05) is 11.1 Å². The van der Waals surface area contributed by atoms with E-state index < -0.39 is 5.97 Å². The Morgan fingerprint density at radius 1 is 1.43 bits per heavy atom. The monoisotopic (exact) mass is 414 g/mol. The lowest BCUT2D eigenvalue weighted by Crippen LogP contribution is -2.08. The van der Waals surface area contributed by atoms with Crippen LogP contribution in [0.4, 0.5) is 0 Å². The molecular formula is C13H11BrN4O3S2. The summed E-state index contributed by atoms with van der Waals surface area (Å²) in [5.41, 5.74) is 1.44. The topological polar surface area (TPSA) is 101 Å². The van der Waals surface area contributed by atoms with Crippen molar-refractivity contribution in [3.8, 4) is 0 Å². The first-order chi connectivity index (χ1) is 11.0. The van der Waals surface area contributed by atoms with Crippen molar-refractivity contribution in [2.75, 3.05) is 7.11 Å². The molecule has 2 N–H and O–H groups in total. The molecule has 3 aromatic heterocycles. The highest BCUT2D eigenvalue weighted by Crippen LogP contribution is 2.30. The molecule has 10 heteroatoms. The largest absolute Gasteiger partial charge is 0.464 e. The Morgan fingerprint density at radius 3 is 2.91 bits per heavy atom. The van der Waals surface area contributed by atoms with Gasteiger partial charge in [0.05, 0.1) is 17.0 Å². The van der Waals surface area contributed by atoms with E-state index in [1.807, 2.05) is 6.92 Å². The van der Waals surface area contributed by atoms with Gasteiger partial charge in [-0.2, -0.15) is 0 Å². The van der Waals surface area contributed by atoms with Crippen LogP contribution in [-0.4, -0.2) is 33.0 Å². The second-order valence-electron chi connectivity index (χ2n) is 4.46. The number of nitrogens with zero attached hydrogens (tertiary/aromatic N) is 2. The highest BCUT2D eigenvalue weighted by Gasteiger charge is 2.16. The van der Waals surface area contributed by atoms with E-state index in [0.29, 0.717) is 20.5 Å². The van der Waals surface area contributed by atoms with Gasteiger partial charge in [-0.3, -0.25) is 4.79 Å². The number of hydrogen-bond acceptors (Lipinski definition) is 7. The Morgan fingerprint density at radius 2 is 2.22 bits per heavy atom. The van der Waals surface area contributed by atoms with E-state index in [-0.39, 0.29) is 11.3 Å². The van der Waals surface area contributed by atoms with Crippen molar-refractivity contribution in [1.82, 2.24) is 19.9 Å². The van der Waals surface area contributed by atoms with Gasteiger partial charge in [-0.25, -0.2) is 14.8 Å². The molecule has 3 aromatic rings. The summed E-state index contributed by atoms with van der Waals surface area (Å²) in [6, 6.07) is 0. The van der Waals surface area contributed by atoms with Gasteiger partial charge in [0.2, 0.25) is 0 Å². The van der Waals surface area contributed by atoms with Crippen LogP contribution in [0.3, 0.4) is 0 Å². The maximum Gasteiger partial charge on any atom is 0.357 e. The zero-order valence-electron chi connectivity index (χ0n) is 12.1.